The SMILES string of the molecule is CN/C=C(\CN1CCCCC1)C(C)=O. The molecule has 0 aromatic rings. The summed E-state index contributed by atoms with van der Waals surface area (Å²) in [5, 5.41) is 2.93. The van der Waals surface area contributed by atoms with E-state index in [-0.39, 0.29) is 5.78 Å². The van der Waals surface area contributed by atoms with E-state index in [1.807, 2.05) is 13.2 Å². The predicted octanol–water partition coefficient (Wildman–Crippen LogP) is 1.16. The average Bonchev–Trinajstić information content (AvgIpc) is 2.18. The highest BCUT2D eigenvalue weighted by Crippen LogP contribution is 2.10. The number of carbonyl (C=O) groups is 1. The van der Waals surface area contributed by atoms with Crippen LogP contribution in [0.5, 0.6) is 0 Å². The van der Waals surface area contributed by atoms with Crippen molar-refractivity contribution < 1.29 is 4.79 Å². The molecule has 0 unspecified atom stereocenters. The van der Waals surface area contributed by atoms with E-state index in [1.165, 1.54) is 19.3 Å². The molecule has 1 fully saturated rings. The molecule has 3 nitrogen and oxygen atoms in total. The van der Waals surface area contributed by atoms with Gasteiger partial charge in [0.2, 0.25) is 0 Å². The Morgan fingerprint density at radius 3 is 2.50 bits per heavy atom. The maximum absolute atomic E-state index is 11.3. The van der Waals surface area contributed by atoms with Crippen LogP contribution in [0.25, 0.3) is 0 Å². The van der Waals surface area contributed by atoms with Gasteiger partial charge in [0.1, 0.15) is 0 Å². The van der Waals surface area contributed by atoms with Crippen LogP contribution in [0.3, 0.4) is 0 Å². The minimum absolute atomic E-state index is 0.171. The van der Waals surface area contributed by atoms with Crippen LogP contribution in [0.1, 0.15) is 26.2 Å². The van der Waals surface area contributed by atoms with E-state index in [4.69, 9.17) is 0 Å². The van der Waals surface area contributed by atoms with Crippen molar-refractivity contribution in [1.82, 2.24) is 10.2 Å². The largest absolute Gasteiger partial charge is 0.394 e. The number of Topliss-reactive ketones (excluding diaryl/α,β-unsaturated/α-hetero) is 1. The first kappa shape index (κ1) is 11.2. The van der Waals surface area contributed by atoms with Gasteiger partial charge >= 0.3 is 0 Å². The average molecular weight is 196 g/mol. The van der Waals surface area contributed by atoms with E-state index < -0.39 is 0 Å². The van der Waals surface area contributed by atoms with Gasteiger partial charge < -0.3 is 5.32 Å². The molecule has 1 saturated heterocycles. The van der Waals surface area contributed by atoms with E-state index in [2.05, 4.69) is 10.2 Å². The summed E-state index contributed by atoms with van der Waals surface area (Å²) in [6.45, 7) is 4.70. The molecule has 0 bridgehead atoms. The van der Waals surface area contributed by atoms with Crippen molar-refractivity contribution in [2.45, 2.75) is 26.2 Å². The molecule has 1 aliphatic heterocycles. The second kappa shape index (κ2) is 5.81. The van der Waals surface area contributed by atoms with Crippen molar-refractivity contribution in [3.8, 4) is 0 Å². The lowest BCUT2D eigenvalue weighted by molar-refractivity contribution is -0.113. The number of likely N-dealkylation sites (tertiary alicyclic amines) is 1. The fourth-order valence-electron chi connectivity index (χ4n) is 1.79. The van der Waals surface area contributed by atoms with Crippen LogP contribution in [-0.4, -0.2) is 37.4 Å². The monoisotopic (exact) mass is 196 g/mol. The zero-order chi connectivity index (χ0) is 10.4. The summed E-state index contributed by atoms with van der Waals surface area (Å²) >= 11 is 0. The Morgan fingerprint density at radius 2 is 2.00 bits per heavy atom. The van der Waals surface area contributed by atoms with Crippen LogP contribution in [0.15, 0.2) is 11.8 Å². The van der Waals surface area contributed by atoms with Crippen molar-refractivity contribution in [3.63, 3.8) is 0 Å². The van der Waals surface area contributed by atoms with Gasteiger partial charge in [-0.2, -0.15) is 0 Å². The number of nitrogens with zero attached hydrogens (tertiary/aromatic N) is 1. The second-order valence-electron chi connectivity index (χ2n) is 3.85. The Bertz CT molecular complexity index is 217. The van der Waals surface area contributed by atoms with Gasteiger partial charge in [-0.3, -0.25) is 9.69 Å². The van der Waals surface area contributed by atoms with Crippen LogP contribution >= 0.6 is 0 Å². The molecule has 0 radical (unpaired) electrons. The molecule has 1 N–H and O–H groups in total. The summed E-state index contributed by atoms with van der Waals surface area (Å²) in [6, 6.07) is 0. The van der Waals surface area contributed by atoms with E-state index in [9.17, 15) is 4.79 Å². The van der Waals surface area contributed by atoms with E-state index >= 15 is 0 Å². The maximum Gasteiger partial charge on any atom is 0.158 e. The Balaban J connectivity index is 2.46. The summed E-state index contributed by atoms with van der Waals surface area (Å²) < 4.78 is 0. The van der Waals surface area contributed by atoms with Crippen molar-refractivity contribution in [2.75, 3.05) is 26.7 Å². The summed E-state index contributed by atoms with van der Waals surface area (Å²) in [5.74, 6) is 0.171. The molecule has 1 rings (SSSR count). The first-order valence-corrected chi connectivity index (χ1v) is 5.33. The van der Waals surface area contributed by atoms with Gasteiger partial charge in [-0.05, 0) is 32.9 Å². The number of nitrogens with one attached hydrogen (secondary N) is 1. The lowest BCUT2D eigenvalue weighted by atomic mass is 10.1. The van der Waals surface area contributed by atoms with E-state index in [0.717, 1.165) is 25.2 Å². The minimum Gasteiger partial charge on any atom is -0.394 e. The molecular formula is C11H20N2O. The fraction of sp³-hybridized carbons (Fsp3) is 0.727. The predicted molar refractivity (Wildman–Crippen MR) is 58.1 cm³/mol. The molecule has 0 amide bonds. The number of ketones is 1. The third kappa shape index (κ3) is 3.50. The minimum atomic E-state index is 0.171. The highest BCUT2D eigenvalue weighted by Gasteiger charge is 2.13. The molecule has 1 heterocycles. The van der Waals surface area contributed by atoms with E-state index in [0.29, 0.717) is 0 Å². The topological polar surface area (TPSA) is 32.3 Å². The third-order valence-corrected chi connectivity index (χ3v) is 2.61. The van der Waals surface area contributed by atoms with Crippen molar-refractivity contribution >= 4 is 5.78 Å². The summed E-state index contributed by atoms with van der Waals surface area (Å²) in [5.41, 5.74) is 0.884. The number of piperidine rings is 1. The molecule has 14 heavy (non-hydrogen) atoms. The highest BCUT2D eigenvalue weighted by atomic mass is 16.1. The van der Waals surface area contributed by atoms with Gasteiger partial charge in [0, 0.05) is 25.4 Å². The lowest BCUT2D eigenvalue weighted by Gasteiger charge is -2.26. The fourth-order valence-corrected chi connectivity index (χ4v) is 1.79. The van der Waals surface area contributed by atoms with Gasteiger partial charge in [-0.1, -0.05) is 6.42 Å². The Labute approximate surface area is 86.2 Å². The van der Waals surface area contributed by atoms with Crippen LogP contribution in [-0.2, 0) is 4.79 Å². The van der Waals surface area contributed by atoms with Crippen LogP contribution < -0.4 is 5.32 Å². The van der Waals surface area contributed by atoms with Crippen LogP contribution in [0.2, 0.25) is 0 Å². The van der Waals surface area contributed by atoms with Crippen molar-refractivity contribution in [2.24, 2.45) is 0 Å². The lowest BCUT2D eigenvalue weighted by Crippen LogP contribution is -2.33. The van der Waals surface area contributed by atoms with Gasteiger partial charge in [0.25, 0.3) is 0 Å². The van der Waals surface area contributed by atoms with Gasteiger partial charge in [0.05, 0.1) is 0 Å². The standard InChI is InChI=1S/C11H20N2O/c1-10(14)11(8-12-2)9-13-6-4-3-5-7-13/h8,12H,3-7,9H2,1-2H3/b11-8+. The molecule has 80 valence electrons. The zero-order valence-electron chi connectivity index (χ0n) is 9.18. The molecule has 0 spiro atoms. The Kier molecular flexibility index (Phi) is 4.66. The van der Waals surface area contributed by atoms with Crippen molar-refractivity contribution in [1.29, 1.82) is 0 Å². The molecular weight excluding hydrogens is 176 g/mol. The number of carbonyl (C=O) groups excluding carboxylic acids is 1. The summed E-state index contributed by atoms with van der Waals surface area (Å²) in [4.78, 5) is 13.6. The highest BCUT2D eigenvalue weighted by molar-refractivity contribution is 5.93. The third-order valence-electron chi connectivity index (χ3n) is 2.61. The molecule has 0 aromatic heterocycles. The molecule has 0 saturated carbocycles. The molecule has 3 heteroatoms. The number of hydrogen-bond donors (Lipinski definition) is 1. The van der Waals surface area contributed by atoms with Crippen molar-refractivity contribution in [3.05, 3.63) is 11.8 Å². The number of rotatable bonds is 4. The Morgan fingerprint density at radius 1 is 1.36 bits per heavy atom. The first-order valence-electron chi connectivity index (χ1n) is 5.33. The second-order valence-corrected chi connectivity index (χ2v) is 3.85. The van der Waals surface area contributed by atoms with Crippen LogP contribution in [0.4, 0.5) is 0 Å². The molecule has 0 atom stereocenters. The first-order chi connectivity index (χ1) is 6.74. The number of hydrogen-bond acceptors (Lipinski definition) is 3. The van der Waals surface area contributed by atoms with Crippen LogP contribution in [0, 0.1) is 0 Å². The molecule has 0 aliphatic carbocycles. The van der Waals surface area contributed by atoms with E-state index in [1.54, 1.807) is 6.92 Å². The summed E-state index contributed by atoms with van der Waals surface area (Å²) in [6.07, 6.45) is 5.69. The van der Waals surface area contributed by atoms with Gasteiger partial charge in [-0.15, -0.1) is 0 Å². The summed E-state index contributed by atoms with van der Waals surface area (Å²) in [7, 11) is 1.83. The molecule has 1 aliphatic rings. The van der Waals surface area contributed by atoms with Gasteiger partial charge in [-0.25, -0.2) is 0 Å². The van der Waals surface area contributed by atoms with Gasteiger partial charge in [0.15, 0.2) is 5.78 Å². The maximum atomic E-state index is 11.3. The smallest absolute Gasteiger partial charge is 0.158 e. The zero-order valence-corrected chi connectivity index (χ0v) is 9.18. The Hall–Kier alpha value is -0.830. The normalized spacial score (nSPS) is 19.4. The quantitative estimate of drug-likeness (QED) is 0.685. The molecule has 0 aromatic carbocycles.